The van der Waals surface area contributed by atoms with Crippen molar-refractivity contribution in [2.45, 2.75) is 43.1 Å². The number of anilines is 1. The summed E-state index contributed by atoms with van der Waals surface area (Å²) in [4.78, 5) is 17.8. The van der Waals surface area contributed by atoms with Crippen LogP contribution in [0.2, 0.25) is 0 Å². The number of aryl methyl sites for hydroxylation is 2. The van der Waals surface area contributed by atoms with Gasteiger partial charge in [0.15, 0.2) is 11.0 Å². The molecular formula is C26H25N5OS. The normalized spacial score (nSPS) is 14.1. The fourth-order valence-corrected chi connectivity index (χ4v) is 4.89. The second-order valence-corrected chi connectivity index (χ2v) is 9.44. The predicted molar refractivity (Wildman–Crippen MR) is 131 cm³/mol. The molecule has 2 heterocycles. The van der Waals surface area contributed by atoms with Crippen molar-refractivity contribution in [3.05, 3.63) is 89.7 Å². The molecule has 2 aromatic carbocycles. The van der Waals surface area contributed by atoms with Crippen LogP contribution in [0.4, 0.5) is 5.69 Å². The van der Waals surface area contributed by atoms with Crippen molar-refractivity contribution in [2.24, 2.45) is 0 Å². The Balaban J connectivity index is 1.49. The summed E-state index contributed by atoms with van der Waals surface area (Å²) in [5.41, 5.74) is 4.83. The minimum atomic E-state index is -0.463. The van der Waals surface area contributed by atoms with Gasteiger partial charge in [0.05, 0.1) is 0 Å². The Morgan fingerprint density at radius 2 is 1.88 bits per heavy atom. The van der Waals surface area contributed by atoms with Crippen LogP contribution < -0.4 is 5.32 Å². The zero-order valence-electron chi connectivity index (χ0n) is 18.6. The summed E-state index contributed by atoms with van der Waals surface area (Å²) in [5, 5.41) is 12.4. The van der Waals surface area contributed by atoms with Crippen LogP contribution in [0.5, 0.6) is 0 Å². The van der Waals surface area contributed by atoms with Gasteiger partial charge in [-0.2, -0.15) is 0 Å². The number of carbonyl (C=O) groups excluding carboxylic acids is 1. The second kappa shape index (κ2) is 9.19. The maximum atomic E-state index is 13.6. The lowest BCUT2D eigenvalue weighted by Crippen LogP contribution is -2.20. The first-order valence-electron chi connectivity index (χ1n) is 11.0. The van der Waals surface area contributed by atoms with E-state index in [-0.39, 0.29) is 5.91 Å². The van der Waals surface area contributed by atoms with E-state index in [1.54, 1.807) is 12.4 Å². The molecule has 2 aromatic heterocycles. The van der Waals surface area contributed by atoms with E-state index in [9.17, 15) is 4.79 Å². The van der Waals surface area contributed by atoms with E-state index < -0.39 is 5.25 Å². The highest BCUT2D eigenvalue weighted by molar-refractivity contribution is 8.00. The number of nitrogens with one attached hydrogen (secondary N) is 1. The number of aromatic nitrogens is 4. The molecule has 0 aliphatic heterocycles. The van der Waals surface area contributed by atoms with Gasteiger partial charge in [-0.25, -0.2) is 0 Å². The molecule has 166 valence electrons. The van der Waals surface area contributed by atoms with Crippen molar-refractivity contribution in [3.63, 3.8) is 0 Å². The van der Waals surface area contributed by atoms with Crippen molar-refractivity contribution in [1.82, 2.24) is 19.7 Å². The highest BCUT2D eigenvalue weighted by Gasteiger charge is 2.33. The Kier molecular flexibility index (Phi) is 5.96. The van der Waals surface area contributed by atoms with E-state index >= 15 is 0 Å². The van der Waals surface area contributed by atoms with Crippen LogP contribution >= 0.6 is 11.8 Å². The lowest BCUT2D eigenvalue weighted by Gasteiger charge is -2.18. The number of benzene rings is 2. The highest BCUT2D eigenvalue weighted by atomic mass is 32.2. The SMILES string of the molecule is Cc1ccc(C)c(NC(=O)C(Sc2nnc(-c3cccnc3)n2C2CC2)c2ccccc2)c1. The maximum Gasteiger partial charge on any atom is 0.242 e. The number of hydrogen-bond donors (Lipinski definition) is 1. The Morgan fingerprint density at radius 3 is 2.61 bits per heavy atom. The first kappa shape index (κ1) is 21.4. The van der Waals surface area contributed by atoms with Gasteiger partial charge in [0, 0.05) is 29.7 Å². The molecule has 1 atom stereocenters. The Labute approximate surface area is 197 Å². The van der Waals surface area contributed by atoms with Gasteiger partial charge in [-0.15, -0.1) is 10.2 Å². The van der Waals surface area contributed by atoms with Crippen molar-refractivity contribution >= 4 is 23.4 Å². The van der Waals surface area contributed by atoms with Crippen LogP contribution in [-0.2, 0) is 4.79 Å². The minimum Gasteiger partial charge on any atom is -0.325 e. The highest BCUT2D eigenvalue weighted by Crippen LogP contribution is 2.44. The van der Waals surface area contributed by atoms with Crippen molar-refractivity contribution in [1.29, 1.82) is 0 Å². The minimum absolute atomic E-state index is 0.0758. The number of rotatable bonds is 7. The third kappa shape index (κ3) is 4.68. The van der Waals surface area contributed by atoms with E-state index in [2.05, 4.69) is 25.1 Å². The molecule has 6 nitrogen and oxygen atoms in total. The molecule has 7 heteroatoms. The lowest BCUT2D eigenvalue weighted by atomic mass is 10.1. The van der Waals surface area contributed by atoms with E-state index in [0.717, 1.165) is 51.8 Å². The largest absolute Gasteiger partial charge is 0.325 e. The molecule has 1 fully saturated rings. The third-order valence-electron chi connectivity index (χ3n) is 5.71. The van der Waals surface area contributed by atoms with E-state index in [4.69, 9.17) is 0 Å². The molecule has 0 bridgehead atoms. The number of nitrogens with zero attached hydrogens (tertiary/aromatic N) is 4. The first-order valence-corrected chi connectivity index (χ1v) is 11.9. The topological polar surface area (TPSA) is 72.7 Å². The fraction of sp³-hybridized carbons (Fsp3) is 0.231. The average molecular weight is 456 g/mol. The monoisotopic (exact) mass is 455 g/mol. The number of thioether (sulfide) groups is 1. The van der Waals surface area contributed by atoms with Crippen molar-refractivity contribution in [3.8, 4) is 11.4 Å². The van der Waals surface area contributed by atoms with Crippen molar-refractivity contribution < 1.29 is 4.79 Å². The maximum absolute atomic E-state index is 13.6. The fourth-order valence-electron chi connectivity index (χ4n) is 3.79. The molecule has 5 rings (SSSR count). The molecule has 1 amide bonds. The number of amides is 1. The Hall–Kier alpha value is -3.45. The molecule has 33 heavy (non-hydrogen) atoms. The summed E-state index contributed by atoms with van der Waals surface area (Å²) in [6.45, 7) is 4.03. The third-order valence-corrected chi connectivity index (χ3v) is 6.92. The van der Waals surface area contributed by atoms with Gasteiger partial charge in [-0.3, -0.25) is 14.3 Å². The summed E-state index contributed by atoms with van der Waals surface area (Å²) in [5.74, 6) is 0.725. The molecule has 1 aliphatic rings. The first-order chi connectivity index (χ1) is 16.1. The summed E-state index contributed by atoms with van der Waals surface area (Å²) in [6.07, 6.45) is 5.73. The molecule has 1 saturated carbocycles. The molecule has 0 saturated heterocycles. The molecular weight excluding hydrogens is 430 g/mol. The standard InChI is InChI=1S/C26H25N5OS/c1-17-10-11-18(2)22(15-17)28-25(32)23(19-7-4-3-5-8-19)33-26-30-29-24(31(26)21-12-13-21)20-9-6-14-27-16-20/h3-11,14-16,21,23H,12-13H2,1-2H3,(H,28,32). The second-order valence-electron chi connectivity index (χ2n) is 8.37. The summed E-state index contributed by atoms with van der Waals surface area (Å²) >= 11 is 1.45. The summed E-state index contributed by atoms with van der Waals surface area (Å²) < 4.78 is 2.17. The van der Waals surface area contributed by atoms with E-state index in [1.165, 1.54) is 11.8 Å². The van der Waals surface area contributed by atoms with Gasteiger partial charge in [0.1, 0.15) is 5.25 Å². The Morgan fingerprint density at radius 1 is 1.06 bits per heavy atom. The number of pyridine rings is 1. The number of hydrogen-bond acceptors (Lipinski definition) is 5. The van der Waals surface area contributed by atoms with Crippen LogP contribution in [0.3, 0.4) is 0 Å². The van der Waals surface area contributed by atoms with Crippen LogP contribution in [0.1, 0.15) is 40.8 Å². The van der Waals surface area contributed by atoms with Crippen molar-refractivity contribution in [2.75, 3.05) is 5.32 Å². The van der Waals surface area contributed by atoms with Crippen LogP contribution in [0.25, 0.3) is 11.4 Å². The lowest BCUT2D eigenvalue weighted by molar-refractivity contribution is -0.115. The van der Waals surface area contributed by atoms with E-state index in [1.807, 2.05) is 74.5 Å². The predicted octanol–water partition coefficient (Wildman–Crippen LogP) is 5.76. The van der Waals surface area contributed by atoms with Gasteiger partial charge in [-0.05, 0) is 61.6 Å². The van der Waals surface area contributed by atoms with E-state index in [0.29, 0.717) is 6.04 Å². The zero-order chi connectivity index (χ0) is 22.8. The summed E-state index contributed by atoms with van der Waals surface area (Å²) in [6, 6.07) is 20.2. The van der Waals surface area contributed by atoms with Gasteiger partial charge in [-0.1, -0.05) is 54.2 Å². The van der Waals surface area contributed by atoms with Gasteiger partial charge in [0.2, 0.25) is 5.91 Å². The zero-order valence-corrected chi connectivity index (χ0v) is 19.4. The molecule has 1 aliphatic carbocycles. The van der Waals surface area contributed by atoms with Gasteiger partial charge < -0.3 is 5.32 Å². The van der Waals surface area contributed by atoms with Crippen LogP contribution in [-0.4, -0.2) is 25.7 Å². The van der Waals surface area contributed by atoms with Crippen LogP contribution in [0.15, 0.2) is 78.2 Å². The molecule has 0 spiro atoms. The smallest absolute Gasteiger partial charge is 0.242 e. The van der Waals surface area contributed by atoms with Gasteiger partial charge in [0.25, 0.3) is 0 Å². The Bertz CT molecular complexity index is 1270. The quantitative estimate of drug-likeness (QED) is 0.359. The average Bonchev–Trinajstić information content (AvgIpc) is 3.60. The molecule has 4 aromatic rings. The summed E-state index contributed by atoms with van der Waals surface area (Å²) in [7, 11) is 0. The molecule has 0 radical (unpaired) electrons. The molecule has 1 unspecified atom stereocenters. The molecule has 1 N–H and O–H groups in total. The van der Waals surface area contributed by atoms with Gasteiger partial charge >= 0.3 is 0 Å². The number of carbonyl (C=O) groups is 1. The van der Waals surface area contributed by atoms with Crippen LogP contribution in [0, 0.1) is 13.8 Å².